The zero-order chi connectivity index (χ0) is 27.7. The van der Waals surface area contributed by atoms with E-state index in [-0.39, 0.29) is 24.0 Å². The fraction of sp³-hybridized carbons (Fsp3) is 0.700. The van der Waals surface area contributed by atoms with Crippen LogP contribution in [0.25, 0.3) is 0 Å². The molecule has 2 bridgehead atoms. The van der Waals surface area contributed by atoms with E-state index < -0.39 is 29.8 Å². The van der Waals surface area contributed by atoms with Crippen molar-refractivity contribution < 1.29 is 24.2 Å². The molecule has 3 N–H and O–H groups in total. The second-order valence-electron chi connectivity index (χ2n) is 12.2. The van der Waals surface area contributed by atoms with Crippen molar-refractivity contribution in [3.63, 3.8) is 0 Å². The number of aliphatic hydroxyl groups excluding tert-OH is 2. The standard InChI is InChI=1S/C30H41FN4O4/c1-18-12-23-13-19(14-26(18)35(23)25-10-9-22(31)15-21(25)16-32)17-33-29(38)27(36)28(37)30(39)34-11-5-8-24(34)20-6-3-2-4-7-20/h9-10,15,18-20,23-24,26-28,36-37H,2-8,11-14,17H2,1H3,(H,33,38)/t18-,19?,23+,24-,26+,27-,28-/m1/s1. The molecule has 1 aromatic rings. The van der Waals surface area contributed by atoms with Crippen LogP contribution in [0, 0.1) is 34.9 Å². The lowest BCUT2D eigenvalue weighted by atomic mass is 9.83. The zero-order valence-corrected chi connectivity index (χ0v) is 22.8. The molecule has 8 nitrogen and oxygen atoms in total. The van der Waals surface area contributed by atoms with Gasteiger partial charge >= 0.3 is 0 Å². The van der Waals surface area contributed by atoms with Crippen LogP contribution in [0.5, 0.6) is 0 Å². The number of halogens is 1. The van der Waals surface area contributed by atoms with Gasteiger partial charge in [0.25, 0.3) is 11.8 Å². The van der Waals surface area contributed by atoms with E-state index in [1.807, 2.05) is 0 Å². The number of benzene rings is 1. The normalized spacial score (nSPS) is 30.6. The van der Waals surface area contributed by atoms with Crippen molar-refractivity contribution in [2.75, 3.05) is 18.0 Å². The maximum atomic E-state index is 13.7. The van der Waals surface area contributed by atoms with Gasteiger partial charge in [-0.15, -0.1) is 0 Å². The van der Waals surface area contributed by atoms with E-state index in [9.17, 15) is 29.5 Å². The number of aliphatic hydroxyl groups is 2. The summed E-state index contributed by atoms with van der Waals surface area (Å²) < 4.78 is 13.7. The first-order chi connectivity index (χ1) is 18.8. The number of nitrogens with one attached hydrogen (secondary N) is 1. The minimum atomic E-state index is -1.81. The first kappa shape index (κ1) is 27.9. The van der Waals surface area contributed by atoms with Crippen LogP contribution >= 0.6 is 0 Å². The number of piperidine rings is 1. The van der Waals surface area contributed by atoms with Gasteiger partial charge in [0.2, 0.25) is 0 Å². The van der Waals surface area contributed by atoms with Crippen molar-refractivity contribution in [3.05, 3.63) is 29.6 Å². The Balaban J connectivity index is 1.16. The highest BCUT2D eigenvalue weighted by Crippen LogP contribution is 2.45. The third kappa shape index (κ3) is 5.64. The molecular formula is C30H41FN4O4. The molecule has 0 spiro atoms. The Morgan fingerprint density at radius 3 is 2.56 bits per heavy atom. The van der Waals surface area contributed by atoms with Gasteiger partial charge in [-0.1, -0.05) is 26.2 Å². The summed E-state index contributed by atoms with van der Waals surface area (Å²) in [4.78, 5) is 29.9. The second kappa shape index (κ2) is 11.8. The van der Waals surface area contributed by atoms with Crippen LogP contribution in [-0.4, -0.2) is 70.4 Å². The van der Waals surface area contributed by atoms with Gasteiger partial charge in [0, 0.05) is 31.2 Å². The number of rotatable bonds is 7. The van der Waals surface area contributed by atoms with Gasteiger partial charge in [-0.05, 0) is 80.9 Å². The SMILES string of the molecule is C[C@@H]1C[C@H]2CC(CNC(=O)[C@H](O)[C@@H](O)C(=O)N3CCC[C@@H]3C3CCCCC3)C[C@@H]1N2c1ccc(F)cc1C#N. The summed E-state index contributed by atoms with van der Waals surface area (Å²) in [5, 5.41) is 33.6. The molecule has 1 saturated carbocycles. The lowest BCUT2D eigenvalue weighted by Gasteiger charge is -2.41. The number of fused-ring (bicyclic) bond motifs is 2. The van der Waals surface area contributed by atoms with Crippen molar-refractivity contribution in [1.29, 1.82) is 5.26 Å². The molecule has 39 heavy (non-hydrogen) atoms. The number of likely N-dealkylation sites (tertiary alicyclic amines) is 1. The van der Waals surface area contributed by atoms with E-state index in [4.69, 9.17) is 0 Å². The maximum absolute atomic E-state index is 13.7. The molecule has 2 amide bonds. The summed E-state index contributed by atoms with van der Waals surface area (Å²) in [6, 6.07) is 6.89. The third-order valence-electron chi connectivity index (χ3n) is 9.75. The fourth-order valence-electron chi connectivity index (χ4n) is 7.86. The lowest BCUT2D eigenvalue weighted by molar-refractivity contribution is -0.154. The smallest absolute Gasteiger partial charge is 0.254 e. The summed E-state index contributed by atoms with van der Waals surface area (Å²) >= 11 is 0. The molecule has 3 saturated heterocycles. The molecule has 3 heterocycles. The van der Waals surface area contributed by atoms with Gasteiger partial charge in [0.05, 0.1) is 11.3 Å². The number of amides is 2. The lowest BCUT2D eigenvalue weighted by Crippen LogP contribution is -2.54. The third-order valence-corrected chi connectivity index (χ3v) is 9.75. The molecule has 3 aliphatic heterocycles. The van der Waals surface area contributed by atoms with Gasteiger partial charge in [0.15, 0.2) is 12.2 Å². The largest absolute Gasteiger partial charge is 0.380 e. The van der Waals surface area contributed by atoms with Crippen LogP contribution < -0.4 is 10.2 Å². The highest BCUT2D eigenvalue weighted by molar-refractivity contribution is 5.91. The molecule has 4 fully saturated rings. The van der Waals surface area contributed by atoms with Crippen LogP contribution in [0.1, 0.15) is 76.7 Å². The number of anilines is 1. The summed E-state index contributed by atoms with van der Waals surface area (Å²) in [5.41, 5.74) is 1.09. The van der Waals surface area contributed by atoms with E-state index in [0.717, 1.165) is 50.6 Å². The Labute approximate surface area is 230 Å². The Bertz CT molecular complexity index is 1100. The summed E-state index contributed by atoms with van der Waals surface area (Å²) in [6.45, 7) is 3.08. The number of hydrogen-bond donors (Lipinski definition) is 3. The Morgan fingerprint density at radius 1 is 1.08 bits per heavy atom. The van der Waals surface area contributed by atoms with Gasteiger partial charge < -0.3 is 25.3 Å². The predicted octanol–water partition coefficient (Wildman–Crippen LogP) is 3.10. The molecule has 4 aliphatic rings. The van der Waals surface area contributed by atoms with Crippen LogP contribution in [0.3, 0.4) is 0 Å². The molecule has 1 unspecified atom stereocenters. The minimum absolute atomic E-state index is 0.0908. The number of nitrogens with zero attached hydrogens (tertiary/aromatic N) is 3. The summed E-state index contributed by atoms with van der Waals surface area (Å²) in [6.07, 6.45) is 6.49. The van der Waals surface area contributed by atoms with Crippen LogP contribution in [-0.2, 0) is 9.59 Å². The fourth-order valence-corrected chi connectivity index (χ4v) is 7.86. The first-order valence-electron chi connectivity index (χ1n) is 14.7. The number of nitriles is 1. The van der Waals surface area contributed by atoms with E-state index in [1.165, 1.54) is 31.4 Å². The average Bonchev–Trinajstić information content (AvgIpc) is 3.51. The highest BCUT2D eigenvalue weighted by atomic mass is 19.1. The molecule has 9 heteroatoms. The van der Waals surface area contributed by atoms with Crippen LogP contribution in [0.2, 0.25) is 0 Å². The van der Waals surface area contributed by atoms with E-state index in [0.29, 0.717) is 30.5 Å². The predicted molar refractivity (Wildman–Crippen MR) is 144 cm³/mol. The van der Waals surface area contributed by atoms with Crippen molar-refractivity contribution in [3.8, 4) is 6.07 Å². The Kier molecular flexibility index (Phi) is 8.43. The molecule has 212 valence electrons. The Hall–Kier alpha value is -2.70. The van der Waals surface area contributed by atoms with Crippen LogP contribution in [0.4, 0.5) is 10.1 Å². The monoisotopic (exact) mass is 540 g/mol. The van der Waals surface area contributed by atoms with Crippen molar-refractivity contribution in [1.82, 2.24) is 10.2 Å². The minimum Gasteiger partial charge on any atom is -0.380 e. The van der Waals surface area contributed by atoms with Gasteiger partial charge in [-0.25, -0.2) is 4.39 Å². The summed E-state index contributed by atoms with van der Waals surface area (Å²) in [5.74, 6) is -0.718. The molecular weight excluding hydrogens is 499 g/mol. The summed E-state index contributed by atoms with van der Waals surface area (Å²) in [7, 11) is 0. The highest BCUT2D eigenvalue weighted by Gasteiger charge is 2.46. The average molecular weight is 541 g/mol. The van der Waals surface area contributed by atoms with E-state index >= 15 is 0 Å². The number of carbonyl (C=O) groups is 2. The van der Waals surface area contributed by atoms with E-state index in [1.54, 1.807) is 11.0 Å². The van der Waals surface area contributed by atoms with Crippen molar-refractivity contribution >= 4 is 17.5 Å². The maximum Gasteiger partial charge on any atom is 0.254 e. The van der Waals surface area contributed by atoms with Crippen LogP contribution in [0.15, 0.2) is 18.2 Å². The quantitative estimate of drug-likeness (QED) is 0.489. The molecule has 1 aromatic carbocycles. The molecule has 1 aliphatic carbocycles. The van der Waals surface area contributed by atoms with Gasteiger partial charge in [-0.2, -0.15) is 5.26 Å². The number of carbonyl (C=O) groups excluding carboxylic acids is 2. The molecule has 0 aromatic heterocycles. The van der Waals surface area contributed by atoms with Gasteiger partial charge in [0.1, 0.15) is 11.9 Å². The Morgan fingerprint density at radius 2 is 1.85 bits per heavy atom. The van der Waals surface area contributed by atoms with E-state index in [2.05, 4.69) is 23.2 Å². The molecule has 5 rings (SSSR count). The van der Waals surface area contributed by atoms with Crippen molar-refractivity contribution in [2.45, 2.75) is 101 Å². The van der Waals surface area contributed by atoms with Crippen molar-refractivity contribution in [2.24, 2.45) is 17.8 Å². The molecule has 7 atom stereocenters. The number of hydrogen-bond acceptors (Lipinski definition) is 6. The zero-order valence-electron chi connectivity index (χ0n) is 22.8. The topological polar surface area (TPSA) is 117 Å². The molecule has 0 radical (unpaired) electrons. The van der Waals surface area contributed by atoms with Gasteiger partial charge in [-0.3, -0.25) is 9.59 Å². The first-order valence-corrected chi connectivity index (χ1v) is 14.7. The second-order valence-corrected chi connectivity index (χ2v) is 12.2.